The fourth-order valence-corrected chi connectivity index (χ4v) is 4.25. The zero-order valence-electron chi connectivity index (χ0n) is 15.7. The topological polar surface area (TPSA) is 8.88 Å². The Hall–Kier alpha value is -2.37. The molecule has 0 aromatic heterocycles. The SMILES string of the molecule is FC(F)(F)c1ccccc1C[NH+]1CC[NH+](Cc2cccc3ccccc23)CC1. The molecule has 0 amide bonds. The second-order valence-electron chi connectivity index (χ2n) is 7.65. The molecule has 1 saturated heterocycles. The lowest BCUT2D eigenvalue weighted by Gasteiger charge is -2.30. The minimum atomic E-state index is -4.28. The molecule has 1 aliphatic heterocycles. The van der Waals surface area contributed by atoms with Gasteiger partial charge in [-0.1, -0.05) is 60.7 Å². The van der Waals surface area contributed by atoms with Gasteiger partial charge in [-0.25, -0.2) is 0 Å². The van der Waals surface area contributed by atoms with Crippen LogP contribution in [0.25, 0.3) is 10.8 Å². The van der Waals surface area contributed by atoms with Crippen LogP contribution < -0.4 is 9.80 Å². The van der Waals surface area contributed by atoms with E-state index in [0.29, 0.717) is 12.1 Å². The molecule has 0 radical (unpaired) electrons. The Bertz CT molecular complexity index is 938. The van der Waals surface area contributed by atoms with Crippen molar-refractivity contribution in [1.29, 1.82) is 0 Å². The molecular weight excluding hydrogens is 361 g/mol. The number of alkyl halides is 3. The maximum atomic E-state index is 13.2. The van der Waals surface area contributed by atoms with Gasteiger partial charge in [0.05, 0.1) is 5.56 Å². The summed E-state index contributed by atoms with van der Waals surface area (Å²) in [5.74, 6) is 0. The first-order valence-corrected chi connectivity index (χ1v) is 9.79. The van der Waals surface area contributed by atoms with Crippen molar-refractivity contribution in [2.45, 2.75) is 19.3 Å². The van der Waals surface area contributed by atoms with Crippen LogP contribution in [-0.4, -0.2) is 26.2 Å². The minimum absolute atomic E-state index is 0.405. The van der Waals surface area contributed by atoms with Crippen molar-refractivity contribution in [2.24, 2.45) is 0 Å². The van der Waals surface area contributed by atoms with E-state index in [-0.39, 0.29) is 0 Å². The number of halogens is 3. The first kappa shape index (κ1) is 19.0. The Kier molecular flexibility index (Phi) is 5.38. The van der Waals surface area contributed by atoms with Crippen LogP contribution in [0.5, 0.6) is 0 Å². The Balaban J connectivity index is 1.39. The highest BCUT2D eigenvalue weighted by molar-refractivity contribution is 5.85. The van der Waals surface area contributed by atoms with Crippen molar-refractivity contribution in [3.8, 4) is 0 Å². The summed E-state index contributed by atoms with van der Waals surface area (Å²) >= 11 is 0. The smallest absolute Gasteiger partial charge is 0.322 e. The summed E-state index contributed by atoms with van der Waals surface area (Å²) in [6.07, 6.45) is -4.28. The molecular formula is C23H25F3N2+2. The van der Waals surface area contributed by atoms with Crippen molar-refractivity contribution in [2.75, 3.05) is 26.2 Å². The number of piperazine rings is 1. The molecule has 3 aromatic rings. The second kappa shape index (κ2) is 7.94. The highest BCUT2D eigenvalue weighted by atomic mass is 19.4. The number of nitrogens with one attached hydrogen (secondary N) is 2. The van der Waals surface area contributed by atoms with E-state index in [0.717, 1.165) is 32.7 Å². The van der Waals surface area contributed by atoms with Gasteiger partial charge in [0.25, 0.3) is 0 Å². The molecule has 28 heavy (non-hydrogen) atoms. The summed E-state index contributed by atoms with van der Waals surface area (Å²) in [5, 5.41) is 2.55. The van der Waals surface area contributed by atoms with Crippen LogP contribution in [0.1, 0.15) is 16.7 Å². The van der Waals surface area contributed by atoms with E-state index in [9.17, 15) is 13.2 Å². The first-order valence-electron chi connectivity index (χ1n) is 9.79. The van der Waals surface area contributed by atoms with E-state index in [2.05, 4.69) is 42.5 Å². The summed E-state index contributed by atoms with van der Waals surface area (Å²) in [4.78, 5) is 2.74. The molecule has 0 atom stereocenters. The molecule has 5 heteroatoms. The number of hydrogen-bond acceptors (Lipinski definition) is 0. The Morgan fingerprint density at radius 1 is 0.643 bits per heavy atom. The van der Waals surface area contributed by atoms with Gasteiger partial charge in [-0.3, -0.25) is 0 Å². The van der Waals surface area contributed by atoms with Crippen molar-refractivity contribution >= 4 is 10.8 Å². The lowest BCUT2D eigenvalue weighted by Crippen LogP contribution is -3.27. The number of fused-ring (bicyclic) bond motifs is 1. The normalized spacial score (nSPS) is 20.4. The van der Waals surface area contributed by atoms with Gasteiger partial charge in [-0.15, -0.1) is 0 Å². The molecule has 0 aliphatic carbocycles. The number of hydrogen-bond donors (Lipinski definition) is 2. The first-order chi connectivity index (χ1) is 13.5. The third-order valence-electron chi connectivity index (χ3n) is 5.75. The van der Waals surface area contributed by atoms with E-state index >= 15 is 0 Å². The molecule has 0 spiro atoms. The predicted molar refractivity (Wildman–Crippen MR) is 104 cm³/mol. The lowest BCUT2D eigenvalue weighted by atomic mass is 10.0. The summed E-state index contributed by atoms with van der Waals surface area (Å²) in [6.45, 7) is 5.16. The molecule has 2 nitrogen and oxygen atoms in total. The summed E-state index contributed by atoms with van der Waals surface area (Å²) in [6, 6.07) is 20.8. The molecule has 146 valence electrons. The van der Waals surface area contributed by atoms with Crippen LogP contribution in [-0.2, 0) is 19.3 Å². The molecule has 0 saturated carbocycles. The predicted octanol–water partition coefficient (Wildman–Crippen LogP) is 2.34. The van der Waals surface area contributed by atoms with Gasteiger partial charge < -0.3 is 9.80 Å². The van der Waals surface area contributed by atoms with Gasteiger partial charge in [0.1, 0.15) is 39.3 Å². The molecule has 3 aromatic carbocycles. The summed E-state index contributed by atoms with van der Waals surface area (Å²) < 4.78 is 39.7. The molecule has 1 aliphatic rings. The van der Waals surface area contributed by atoms with Crippen LogP contribution in [0, 0.1) is 0 Å². The van der Waals surface area contributed by atoms with E-state index in [1.165, 1.54) is 38.3 Å². The largest absolute Gasteiger partial charge is 0.416 e. The van der Waals surface area contributed by atoms with Crippen LogP contribution in [0.15, 0.2) is 66.7 Å². The molecule has 4 rings (SSSR count). The van der Waals surface area contributed by atoms with Gasteiger partial charge in [0.2, 0.25) is 0 Å². The van der Waals surface area contributed by atoms with Gasteiger partial charge >= 0.3 is 6.18 Å². The zero-order chi connectivity index (χ0) is 19.6. The molecule has 1 heterocycles. The van der Waals surface area contributed by atoms with Gasteiger partial charge in [0, 0.05) is 11.1 Å². The van der Waals surface area contributed by atoms with E-state index in [1.807, 2.05) is 0 Å². The van der Waals surface area contributed by atoms with Crippen molar-refractivity contribution in [3.63, 3.8) is 0 Å². The number of benzene rings is 3. The Morgan fingerprint density at radius 2 is 1.18 bits per heavy atom. The minimum Gasteiger partial charge on any atom is -0.322 e. The maximum absolute atomic E-state index is 13.2. The second-order valence-corrected chi connectivity index (χ2v) is 7.65. The Labute approximate surface area is 163 Å². The van der Waals surface area contributed by atoms with E-state index in [4.69, 9.17) is 0 Å². The highest BCUT2D eigenvalue weighted by Crippen LogP contribution is 2.31. The third kappa shape index (κ3) is 4.21. The van der Waals surface area contributed by atoms with Crippen LogP contribution in [0.3, 0.4) is 0 Å². The lowest BCUT2D eigenvalue weighted by molar-refractivity contribution is -1.02. The number of quaternary nitrogens is 2. The van der Waals surface area contributed by atoms with Gasteiger partial charge in [-0.2, -0.15) is 13.2 Å². The summed E-state index contributed by atoms with van der Waals surface area (Å²) in [7, 11) is 0. The van der Waals surface area contributed by atoms with Gasteiger partial charge in [0.15, 0.2) is 0 Å². The quantitative estimate of drug-likeness (QED) is 0.681. The zero-order valence-corrected chi connectivity index (χ0v) is 15.7. The van der Waals surface area contributed by atoms with Gasteiger partial charge in [-0.05, 0) is 16.8 Å². The standard InChI is InChI=1S/C23H23F3N2/c24-23(25,26)22-11-4-2-7-20(22)17-28-14-12-27(13-15-28)16-19-9-5-8-18-6-1-3-10-21(18)19/h1-11H,12-17H2/p+2. The number of rotatable bonds is 4. The molecule has 2 N–H and O–H groups in total. The Morgan fingerprint density at radius 3 is 1.89 bits per heavy atom. The fourth-order valence-electron chi connectivity index (χ4n) is 4.25. The maximum Gasteiger partial charge on any atom is 0.416 e. The molecule has 0 unspecified atom stereocenters. The van der Waals surface area contributed by atoms with E-state index < -0.39 is 11.7 Å². The third-order valence-corrected chi connectivity index (χ3v) is 5.75. The monoisotopic (exact) mass is 386 g/mol. The van der Waals surface area contributed by atoms with Crippen LogP contribution >= 0.6 is 0 Å². The van der Waals surface area contributed by atoms with Crippen LogP contribution in [0.4, 0.5) is 13.2 Å². The van der Waals surface area contributed by atoms with Crippen molar-refractivity contribution < 1.29 is 23.0 Å². The summed E-state index contributed by atoms with van der Waals surface area (Å²) in [5.41, 5.74) is 1.26. The van der Waals surface area contributed by atoms with E-state index in [1.54, 1.807) is 12.1 Å². The van der Waals surface area contributed by atoms with Crippen LogP contribution in [0.2, 0.25) is 0 Å². The molecule has 0 bridgehead atoms. The van der Waals surface area contributed by atoms with Crippen molar-refractivity contribution in [1.82, 2.24) is 0 Å². The molecule has 1 fully saturated rings. The highest BCUT2D eigenvalue weighted by Gasteiger charge is 2.34. The fraction of sp³-hybridized carbons (Fsp3) is 0.304. The average molecular weight is 386 g/mol. The van der Waals surface area contributed by atoms with Crippen molar-refractivity contribution in [3.05, 3.63) is 83.4 Å². The average Bonchev–Trinajstić information content (AvgIpc) is 2.69.